The zero-order valence-corrected chi connectivity index (χ0v) is 34.8. The number of aromatic nitrogens is 4. The molecule has 0 amide bonds. The summed E-state index contributed by atoms with van der Waals surface area (Å²) < 4.78 is 93.8. The number of alkyl halides is 6. The van der Waals surface area contributed by atoms with Crippen LogP contribution >= 0.6 is 0 Å². The Balaban J connectivity index is 1.37. The number of fused-ring (bicyclic) bond motifs is 3. The summed E-state index contributed by atoms with van der Waals surface area (Å²) >= 11 is 0. The van der Waals surface area contributed by atoms with Crippen LogP contribution in [0.3, 0.4) is 0 Å². The van der Waals surface area contributed by atoms with E-state index in [4.69, 9.17) is 21.5 Å². The number of benzene rings is 8. The molecule has 322 valence electrons. The molecule has 10 aromatic rings. The van der Waals surface area contributed by atoms with Crippen molar-refractivity contribution in [1.82, 2.24) is 19.5 Å². The molecule has 6 nitrogen and oxygen atoms in total. The average molecular weight is 889 g/mol. The van der Waals surface area contributed by atoms with Crippen LogP contribution in [0.5, 0.6) is 0 Å². The molecule has 0 saturated carbocycles. The summed E-state index contributed by atoms with van der Waals surface area (Å²) in [5, 5.41) is 11.0. The minimum Gasteiger partial charge on any atom is -0.308 e. The minimum absolute atomic E-state index is 0.0148. The molecular formula is C55H30F6N6. The molecule has 0 unspecified atom stereocenters. The first-order valence-corrected chi connectivity index (χ1v) is 20.7. The second-order valence-corrected chi connectivity index (χ2v) is 15.6. The number of para-hydroxylation sites is 1. The lowest BCUT2D eigenvalue weighted by atomic mass is 9.88. The van der Waals surface area contributed by atoms with Gasteiger partial charge in [-0.1, -0.05) is 121 Å². The van der Waals surface area contributed by atoms with Crippen LogP contribution in [0.15, 0.2) is 182 Å². The molecule has 0 bridgehead atoms. The van der Waals surface area contributed by atoms with Gasteiger partial charge in [-0.05, 0) is 82.9 Å². The predicted octanol–water partition coefficient (Wildman–Crippen LogP) is 15.4. The van der Waals surface area contributed by atoms with Crippen LogP contribution < -0.4 is 0 Å². The summed E-state index contributed by atoms with van der Waals surface area (Å²) in [7, 11) is 0. The monoisotopic (exact) mass is 888 g/mol. The van der Waals surface area contributed by atoms with Gasteiger partial charge in [0.2, 0.25) is 0 Å². The molecule has 0 radical (unpaired) electrons. The molecule has 67 heavy (non-hydrogen) atoms. The van der Waals surface area contributed by atoms with Crippen molar-refractivity contribution in [2.75, 3.05) is 0 Å². The quantitative estimate of drug-likeness (QED) is 0.118. The Morgan fingerprint density at radius 1 is 0.448 bits per heavy atom. The fraction of sp³-hybridized carbons (Fsp3) is 0.0364. The van der Waals surface area contributed by atoms with E-state index in [-0.39, 0.29) is 62.2 Å². The highest BCUT2D eigenvalue weighted by Crippen LogP contribution is 2.49. The topological polar surface area (TPSA) is 71.8 Å². The molecule has 0 spiro atoms. The Labute approximate surface area is 379 Å². The van der Waals surface area contributed by atoms with Gasteiger partial charge in [0, 0.05) is 44.2 Å². The van der Waals surface area contributed by atoms with E-state index in [1.165, 1.54) is 54.6 Å². The smallest absolute Gasteiger partial charge is 0.308 e. The number of nitrogens with zero attached hydrogens (tertiary/aromatic N) is 6. The minimum atomic E-state index is -4.89. The highest BCUT2D eigenvalue weighted by Gasteiger charge is 2.37. The van der Waals surface area contributed by atoms with Crippen LogP contribution in [-0.4, -0.2) is 19.5 Å². The van der Waals surface area contributed by atoms with Gasteiger partial charge in [-0.25, -0.2) is 19.8 Å². The molecule has 0 aliphatic heterocycles. The van der Waals surface area contributed by atoms with E-state index in [1.807, 2.05) is 24.3 Å². The maximum Gasteiger partial charge on any atom is 0.417 e. The largest absolute Gasteiger partial charge is 0.417 e. The van der Waals surface area contributed by atoms with Gasteiger partial charge >= 0.3 is 12.4 Å². The lowest BCUT2D eigenvalue weighted by molar-refractivity contribution is -0.137. The van der Waals surface area contributed by atoms with Crippen molar-refractivity contribution >= 4 is 27.5 Å². The van der Waals surface area contributed by atoms with Crippen LogP contribution in [0, 0.1) is 17.9 Å². The molecule has 0 saturated heterocycles. The summed E-state index contributed by atoms with van der Waals surface area (Å²) in [6.07, 6.45) is -9.78. The van der Waals surface area contributed by atoms with E-state index in [0.717, 1.165) is 12.1 Å². The van der Waals surface area contributed by atoms with E-state index in [1.54, 1.807) is 95.6 Å². The van der Waals surface area contributed by atoms with E-state index in [9.17, 15) is 5.26 Å². The van der Waals surface area contributed by atoms with Crippen molar-refractivity contribution in [3.05, 3.63) is 210 Å². The zero-order chi connectivity index (χ0) is 46.5. The van der Waals surface area contributed by atoms with Gasteiger partial charge < -0.3 is 4.57 Å². The maximum atomic E-state index is 15.3. The third-order valence-electron chi connectivity index (χ3n) is 11.5. The van der Waals surface area contributed by atoms with Gasteiger partial charge in [0.15, 0.2) is 23.2 Å². The summed E-state index contributed by atoms with van der Waals surface area (Å²) in [5.41, 5.74) is 1.40. The van der Waals surface area contributed by atoms with Crippen LogP contribution in [0.25, 0.3) is 99.9 Å². The van der Waals surface area contributed by atoms with E-state index < -0.39 is 23.5 Å². The standard InChI is InChI=1S/C55H30F6N6/c1-63-39-27-33(32-62)26-37(28-39)36-24-25-49-43(29-36)42-20-10-13-23-48(42)67(49)50-44(40-18-8-11-21-46(40)54(56,57)58)30-38(31-45(50)41-19-9-12-22-47(41)55(59,60)61)53-65-51(34-14-4-2-5-15-34)64-52(66-53)35-16-6-3-7-17-35/h2-31H. The number of hydrogen-bond acceptors (Lipinski definition) is 4. The van der Waals surface area contributed by atoms with Crippen molar-refractivity contribution in [3.63, 3.8) is 0 Å². The SMILES string of the molecule is [C-]#[N+]c1cc(C#N)cc(-c2ccc3c(c2)c2ccccc2n3-c2c(-c3ccccc3C(F)(F)F)cc(-c3nc(-c4ccccc4)nc(-c4ccccc4)n3)cc2-c2ccccc2C(F)(F)F)c1. The molecule has 0 aliphatic carbocycles. The van der Waals surface area contributed by atoms with Gasteiger partial charge in [0.1, 0.15) is 0 Å². The van der Waals surface area contributed by atoms with Crippen LogP contribution in [0.1, 0.15) is 16.7 Å². The first kappa shape index (κ1) is 42.1. The van der Waals surface area contributed by atoms with Crippen LogP contribution in [0.4, 0.5) is 32.0 Å². The lowest BCUT2D eigenvalue weighted by Gasteiger charge is -2.24. The Morgan fingerprint density at radius 2 is 0.940 bits per heavy atom. The fourth-order valence-electron chi connectivity index (χ4n) is 8.58. The number of nitriles is 1. The van der Waals surface area contributed by atoms with Crippen LogP contribution in [0.2, 0.25) is 0 Å². The first-order valence-electron chi connectivity index (χ1n) is 20.7. The highest BCUT2D eigenvalue weighted by molar-refractivity contribution is 6.12. The maximum absolute atomic E-state index is 15.3. The molecule has 0 fully saturated rings. The molecule has 2 heterocycles. The van der Waals surface area contributed by atoms with Gasteiger partial charge in [-0.15, -0.1) is 0 Å². The third kappa shape index (κ3) is 7.81. The first-order chi connectivity index (χ1) is 32.4. The van der Waals surface area contributed by atoms with Gasteiger partial charge in [0.05, 0.1) is 40.5 Å². The molecule has 0 aliphatic rings. The Hall–Kier alpha value is -8.87. The van der Waals surface area contributed by atoms with Gasteiger partial charge in [-0.2, -0.15) is 31.6 Å². The number of rotatable bonds is 7. The number of hydrogen-bond donors (Lipinski definition) is 0. The molecular weight excluding hydrogens is 859 g/mol. The zero-order valence-electron chi connectivity index (χ0n) is 34.8. The predicted molar refractivity (Wildman–Crippen MR) is 248 cm³/mol. The Kier molecular flexibility index (Phi) is 10.4. The summed E-state index contributed by atoms with van der Waals surface area (Å²) in [6.45, 7) is 7.63. The van der Waals surface area contributed by atoms with E-state index in [0.29, 0.717) is 44.1 Å². The summed E-state index contributed by atoms with van der Waals surface area (Å²) in [4.78, 5) is 18.0. The van der Waals surface area contributed by atoms with Crippen molar-refractivity contribution in [2.45, 2.75) is 12.4 Å². The summed E-state index contributed by atoms with van der Waals surface area (Å²) in [6, 6.07) is 50.4. The van der Waals surface area contributed by atoms with Crippen molar-refractivity contribution in [2.24, 2.45) is 0 Å². The van der Waals surface area contributed by atoms with Crippen molar-refractivity contribution in [3.8, 4) is 79.3 Å². The lowest BCUT2D eigenvalue weighted by Crippen LogP contribution is -2.11. The number of halogens is 6. The molecule has 2 aromatic heterocycles. The van der Waals surface area contributed by atoms with Crippen molar-refractivity contribution in [1.29, 1.82) is 5.26 Å². The van der Waals surface area contributed by atoms with E-state index >= 15 is 26.3 Å². The normalized spacial score (nSPS) is 11.7. The average Bonchev–Trinajstić information content (AvgIpc) is 3.69. The molecule has 12 heteroatoms. The van der Waals surface area contributed by atoms with E-state index in [2.05, 4.69) is 10.9 Å². The van der Waals surface area contributed by atoms with Gasteiger partial charge in [0.25, 0.3) is 0 Å². The molecule has 0 atom stereocenters. The fourth-order valence-corrected chi connectivity index (χ4v) is 8.58. The van der Waals surface area contributed by atoms with Crippen molar-refractivity contribution < 1.29 is 26.3 Å². The molecule has 0 N–H and O–H groups in total. The second-order valence-electron chi connectivity index (χ2n) is 15.6. The highest BCUT2D eigenvalue weighted by atomic mass is 19.4. The second kappa shape index (κ2) is 16.6. The third-order valence-corrected chi connectivity index (χ3v) is 11.5. The molecule has 10 rings (SSSR count). The van der Waals surface area contributed by atoms with Gasteiger partial charge in [-0.3, -0.25) is 0 Å². The Morgan fingerprint density at radius 3 is 1.48 bits per heavy atom. The Bertz CT molecular complexity index is 3470. The summed E-state index contributed by atoms with van der Waals surface area (Å²) in [5.74, 6) is 0.496. The molecule has 8 aromatic carbocycles. The van der Waals surface area contributed by atoms with Crippen LogP contribution in [-0.2, 0) is 12.4 Å².